The van der Waals surface area contributed by atoms with E-state index in [4.69, 9.17) is 0 Å². The summed E-state index contributed by atoms with van der Waals surface area (Å²) >= 11 is 0. The number of hydrogen-bond donors (Lipinski definition) is 0. The number of carboxylic acid groups (broad SMARTS) is 2. The molecule has 0 fully saturated rings. The van der Waals surface area contributed by atoms with Crippen molar-refractivity contribution in [3.8, 4) is 0 Å². The smallest absolute Gasteiger partial charge is 0.545 e. The van der Waals surface area contributed by atoms with Crippen molar-refractivity contribution < 1.29 is 19.8 Å². The first-order valence-electron chi connectivity index (χ1n) is 3.01. The van der Waals surface area contributed by atoms with Crippen molar-refractivity contribution in [1.82, 2.24) is 0 Å². The molecule has 64 valence electrons. The SMILES string of the molecule is C=CC=C/C(=C/C(=O)[O-])C(=O)[O-].[Mg+2]. The van der Waals surface area contributed by atoms with Gasteiger partial charge in [-0.25, -0.2) is 0 Å². The Kier molecular flexibility index (Phi) is 8.41. The second-order valence-electron chi connectivity index (χ2n) is 1.80. The summed E-state index contributed by atoms with van der Waals surface area (Å²) in [6.07, 6.45) is 4.09. The van der Waals surface area contributed by atoms with E-state index in [2.05, 4.69) is 6.58 Å². The van der Waals surface area contributed by atoms with Crippen LogP contribution in [0, 0.1) is 0 Å². The van der Waals surface area contributed by atoms with Crippen LogP contribution >= 0.6 is 0 Å². The Morgan fingerprint density at radius 3 is 2.08 bits per heavy atom. The van der Waals surface area contributed by atoms with Gasteiger partial charge in [0.1, 0.15) is 0 Å². The monoisotopic (exact) mass is 190 g/mol. The fourth-order valence-electron chi connectivity index (χ4n) is 0.474. The zero-order valence-electron chi connectivity index (χ0n) is 6.86. The summed E-state index contributed by atoms with van der Waals surface area (Å²) in [7, 11) is 0. The second-order valence-corrected chi connectivity index (χ2v) is 1.80. The molecule has 0 aliphatic rings. The number of aliphatic carboxylic acids is 2. The minimum atomic E-state index is -1.58. The third-order valence-corrected chi connectivity index (χ3v) is 0.921. The van der Waals surface area contributed by atoms with Crippen LogP contribution in [0.4, 0.5) is 0 Å². The summed E-state index contributed by atoms with van der Waals surface area (Å²) in [6.45, 7) is 3.28. The van der Waals surface area contributed by atoms with Gasteiger partial charge in [0.15, 0.2) is 0 Å². The Morgan fingerprint density at radius 1 is 1.23 bits per heavy atom. The molecule has 0 aromatic rings. The molecule has 0 aliphatic carbocycles. The Balaban J connectivity index is 0. The summed E-state index contributed by atoms with van der Waals surface area (Å²) in [5, 5.41) is 20.1. The normalized spacial score (nSPS) is 10.6. The number of carboxylic acids is 2. The zero-order valence-corrected chi connectivity index (χ0v) is 8.27. The Bertz CT molecular complexity index is 265. The quantitative estimate of drug-likeness (QED) is 0.286. The molecule has 0 bridgehead atoms. The Morgan fingerprint density at radius 2 is 1.77 bits per heavy atom. The first-order chi connectivity index (χ1) is 5.57. The van der Waals surface area contributed by atoms with E-state index in [0.29, 0.717) is 6.08 Å². The van der Waals surface area contributed by atoms with Crippen LogP contribution < -0.4 is 10.2 Å². The van der Waals surface area contributed by atoms with Gasteiger partial charge in [0.05, 0.1) is 11.9 Å². The molecule has 0 atom stereocenters. The topological polar surface area (TPSA) is 80.3 Å². The standard InChI is InChI=1S/C8H8O4.Mg/c1-2-3-4-6(8(11)12)5-7(9)10;/h2-5H,1H2,(H,9,10)(H,11,12);/q;+2/p-2/b4-3?,6-5-;. The number of hydrogen-bond acceptors (Lipinski definition) is 4. The molecular formula is C8H6MgO4. The molecule has 0 rings (SSSR count). The summed E-state index contributed by atoms with van der Waals surface area (Å²) in [5.41, 5.74) is -0.463. The predicted octanol–water partition coefficient (Wildman–Crippen LogP) is -2.23. The van der Waals surface area contributed by atoms with E-state index < -0.39 is 17.5 Å². The number of allylic oxidation sites excluding steroid dienone is 2. The molecule has 0 spiro atoms. The molecule has 0 saturated heterocycles. The molecule has 0 radical (unpaired) electrons. The first-order valence-corrected chi connectivity index (χ1v) is 3.01. The van der Waals surface area contributed by atoms with Gasteiger partial charge in [0.25, 0.3) is 0 Å². The van der Waals surface area contributed by atoms with Gasteiger partial charge in [0, 0.05) is 0 Å². The van der Waals surface area contributed by atoms with E-state index >= 15 is 0 Å². The van der Waals surface area contributed by atoms with Gasteiger partial charge < -0.3 is 19.8 Å². The van der Waals surface area contributed by atoms with Crippen LogP contribution in [0.3, 0.4) is 0 Å². The molecule has 0 heterocycles. The molecule has 0 aliphatic heterocycles. The minimum Gasteiger partial charge on any atom is -0.545 e. The van der Waals surface area contributed by atoms with Crippen molar-refractivity contribution in [2.24, 2.45) is 0 Å². The van der Waals surface area contributed by atoms with Crippen LogP contribution in [-0.4, -0.2) is 35.0 Å². The molecule has 0 aromatic heterocycles. The van der Waals surface area contributed by atoms with Crippen LogP contribution in [0.25, 0.3) is 0 Å². The molecule has 4 nitrogen and oxygen atoms in total. The van der Waals surface area contributed by atoms with E-state index in [1.54, 1.807) is 0 Å². The van der Waals surface area contributed by atoms with E-state index in [1.165, 1.54) is 12.2 Å². The fourth-order valence-corrected chi connectivity index (χ4v) is 0.474. The Hall–Kier alpha value is -1.07. The molecule has 0 N–H and O–H groups in total. The average molecular weight is 190 g/mol. The van der Waals surface area contributed by atoms with Crippen LogP contribution in [0.1, 0.15) is 0 Å². The molecule has 0 amide bonds. The van der Waals surface area contributed by atoms with Crippen LogP contribution in [-0.2, 0) is 9.59 Å². The van der Waals surface area contributed by atoms with Gasteiger partial charge in [0.2, 0.25) is 0 Å². The van der Waals surface area contributed by atoms with Crippen molar-refractivity contribution in [2.45, 2.75) is 0 Å². The summed E-state index contributed by atoms with van der Waals surface area (Å²) in [5.74, 6) is -3.15. The number of rotatable bonds is 4. The van der Waals surface area contributed by atoms with E-state index in [0.717, 1.165) is 6.08 Å². The van der Waals surface area contributed by atoms with Crippen molar-refractivity contribution in [3.05, 3.63) is 36.5 Å². The van der Waals surface area contributed by atoms with Crippen LogP contribution in [0.2, 0.25) is 0 Å². The summed E-state index contributed by atoms with van der Waals surface area (Å²) < 4.78 is 0. The molecule has 13 heavy (non-hydrogen) atoms. The van der Waals surface area contributed by atoms with E-state index in [1.807, 2.05) is 0 Å². The van der Waals surface area contributed by atoms with Crippen LogP contribution in [0.15, 0.2) is 36.5 Å². The molecule has 0 saturated carbocycles. The van der Waals surface area contributed by atoms with Crippen molar-refractivity contribution in [3.63, 3.8) is 0 Å². The Labute approximate surface area is 91.4 Å². The van der Waals surface area contributed by atoms with Crippen molar-refractivity contribution in [2.75, 3.05) is 0 Å². The second kappa shape index (κ2) is 7.57. The van der Waals surface area contributed by atoms with Gasteiger partial charge in [-0.1, -0.05) is 24.8 Å². The molecule has 5 heteroatoms. The van der Waals surface area contributed by atoms with Gasteiger partial charge in [-0.15, -0.1) is 0 Å². The van der Waals surface area contributed by atoms with E-state index in [9.17, 15) is 19.8 Å². The number of carbonyl (C=O) groups excluding carboxylic acids is 2. The summed E-state index contributed by atoms with van der Waals surface area (Å²) in [6, 6.07) is 0. The van der Waals surface area contributed by atoms with Crippen molar-refractivity contribution >= 4 is 35.0 Å². The van der Waals surface area contributed by atoms with Crippen LogP contribution in [0.5, 0.6) is 0 Å². The predicted molar refractivity (Wildman–Crippen MR) is 43.2 cm³/mol. The molecule has 0 unspecified atom stereocenters. The first kappa shape index (κ1) is 14.5. The third-order valence-electron chi connectivity index (χ3n) is 0.921. The number of carbonyl (C=O) groups is 2. The maximum Gasteiger partial charge on any atom is 2.00 e. The average Bonchev–Trinajstić information content (AvgIpc) is 1.96. The zero-order chi connectivity index (χ0) is 9.56. The third kappa shape index (κ3) is 7.29. The summed E-state index contributed by atoms with van der Waals surface area (Å²) in [4.78, 5) is 20.1. The maximum absolute atomic E-state index is 10.2. The largest absolute Gasteiger partial charge is 2.00 e. The fraction of sp³-hybridized carbons (Fsp3) is 0. The van der Waals surface area contributed by atoms with Crippen molar-refractivity contribution in [1.29, 1.82) is 0 Å². The molecule has 0 aromatic carbocycles. The van der Waals surface area contributed by atoms with Gasteiger partial charge in [-0.2, -0.15) is 0 Å². The minimum absolute atomic E-state index is 0. The maximum atomic E-state index is 10.2. The van der Waals surface area contributed by atoms with Gasteiger partial charge in [-0.3, -0.25) is 0 Å². The van der Waals surface area contributed by atoms with Gasteiger partial charge in [-0.05, 0) is 11.6 Å². The van der Waals surface area contributed by atoms with Gasteiger partial charge >= 0.3 is 23.1 Å². The molecular weight excluding hydrogens is 184 g/mol. The van der Waals surface area contributed by atoms with E-state index in [-0.39, 0.29) is 23.1 Å².